The van der Waals surface area contributed by atoms with Gasteiger partial charge in [-0.1, -0.05) is 0 Å². The van der Waals surface area contributed by atoms with Crippen molar-refractivity contribution < 1.29 is 15.3 Å². The normalized spacial score (nSPS) is 53.8. The highest BCUT2D eigenvalue weighted by Crippen LogP contribution is 2.42. The molecule has 0 saturated heterocycles. The average Bonchev–Trinajstić information content (AvgIpc) is 2.35. The van der Waals surface area contributed by atoms with Gasteiger partial charge in [-0.3, -0.25) is 0 Å². The van der Waals surface area contributed by atoms with E-state index in [-0.39, 0.29) is 12.0 Å². The van der Waals surface area contributed by atoms with Crippen LogP contribution in [0.5, 0.6) is 0 Å². The van der Waals surface area contributed by atoms with E-state index in [1.165, 1.54) is 0 Å². The number of hydrogen-bond donors (Lipinski definition) is 3. The number of fused-ring (bicyclic) bond motifs is 1. The summed E-state index contributed by atoms with van der Waals surface area (Å²) in [6.07, 6.45) is 1.69. The van der Waals surface area contributed by atoms with Gasteiger partial charge in [0.25, 0.3) is 0 Å². The molecule has 0 aromatic heterocycles. The highest BCUT2D eigenvalue weighted by Gasteiger charge is 2.42. The minimum absolute atomic E-state index is 0.239. The van der Waals surface area contributed by atoms with Crippen LogP contribution in [0.4, 0.5) is 0 Å². The number of rotatable bonds is 0. The fourth-order valence-corrected chi connectivity index (χ4v) is 2.67. The minimum atomic E-state index is -0.612. The third-order valence-electron chi connectivity index (χ3n) is 3.43. The van der Waals surface area contributed by atoms with Crippen LogP contribution in [0.2, 0.25) is 0 Å². The fourth-order valence-electron chi connectivity index (χ4n) is 2.67. The fraction of sp³-hybridized carbons (Fsp3) is 1.00. The van der Waals surface area contributed by atoms with E-state index in [4.69, 9.17) is 0 Å². The second-order valence-electron chi connectivity index (χ2n) is 4.17. The number of aliphatic hydroxyl groups is 3. The Kier molecular flexibility index (Phi) is 2.10. The summed E-state index contributed by atoms with van der Waals surface area (Å²) >= 11 is 0. The van der Waals surface area contributed by atoms with Crippen molar-refractivity contribution in [3.63, 3.8) is 0 Å². The third kappa shape index (κ3) is 1.26. The predicted molar refractivity (Wildman–Crippen MR) is 43.5 cm³/mol. The van der Waals surface area contributed by atoms with Crippen molar-refractivity contribution in [1.29, 1.82) is 0 Å². The molecular formula is C9H16O3. The van der Waals surface area contributed by atoms with E-state index in [2.05, 4.69) is 0 Å². The molecule has 5 unspecified atom stereocenters. The summed E-state index contributed by atoms with van der Waals surface area (Å²) in [5, 5.41) is 28.3. The van der Waals surface area contributed by atoms with Crippen LogP contribution in [-0.2, 0) is 0 Å². The van der Waals surface area contributed by atoms with Gasteiger partial charge in [0.2, 0.25) is 0 Å². The van der Waals surface area contributed by atoms with Gasteiger partial charge in [0.05, 0.1) is 18.3 Å². The molecule has 70 valence electrons. The SMILES string of the molecule is OC1CC2CCC(O)C2CC1O. The summed E-state index contributed by atoms with van der Waals surface area (Å²) in [5.41, 5.74) is 0. The van der Waals surface area contributed by atoms with Crippen LogP contribution >= 0.6 is 0 Å². The topological polar surface area (TPSA) is 60.7 Å². The molecule has 2 saturated carbocycles. The summed E-state index contributed by atoms with van der Waals surface area (Å²) < 4.78 is 0. The van der Waals surface area contributed by atoms with Crippen molar-refractivity contribution in [2.24, 2.45) is 11.8 Å². The molecule has 0 aromatic carbocycles. The Balaban J connectivity index is 2.04. The Morgan fingerprint density at radius 2 is 1.42 bits per heavy atom. The Labute approximate surface area is 72.0 Å². The zero-order chi connectivity index (χ0) is 8.72. The second-order valence-corrected chi connectivity index (χ2v) is 4.17. The zero-order valence-electron chi connectivity index (χ0n) is 7.06. The predicted octanol–water partition coefficient (Wildman–Crippen LogP) is -0.111. The molecule has 0 bridgehead atoms. The average molecular weight is 172 g/mol. The Morgan fingerprint density at radius 3 is 2.17 bits per heavy atom. The van der Waals surface area contributed by atoms with E-state index in [9.17, 15) is 15.3 Å². The largest absolute Gasteiger partial charge is 0.393 e. The molecule has 2 aliphatic carbocycles. The van der Waals surface area contributed by atoms with Gasteiger partial charge >= 0.3 is 0 Å². The van der Waals surface area contributed by atoms with E-state index in [0.717, 1.165) is 12.8 Å². The van der Waals surface area contributed by atoms with Crippen molar-refractivity contribution in [3.8, 4) is 0 Å². The highest BCUT2D eigenvalue weighted by molar-refractivity contribution is 4.93. The molecule has 0 aromatic rings. The van der Waals surface area contributed by atoms with Gasteiger partial charge < -0.3 is 15.3 Å². The lowest BCUT2D eigenvalue weighted by molar-refractivity contribution is -0.0573. The van der Waals surface area contributed by atoms with E-state index in [0.29, 0.717) is 18.8 Å². The van der Waals surface area contributed by atoms with Crippen LogP contribution in [0.25, 0.3) is 0 Å². The first-order valence-electron chi connectivity index (χ1n) is 4.72. The quantitative estimate of drug-likeness (QED) is 0.478. The van der Waals surface area contributed by atoms with Crippen LogP contribution in [0.3, 0.4) is 0 Å². The van der Waals surface area contributed by atoms with Crippen LogP contribution in [0.15, 0.2) is 0 Å². The van der Waals surface area contributed by atoms with Gasteiger partial charge in [0.15, 0.2) is 0 Å². The van der Waals surface area contributed by atoms with Crippen LogP contribution in [-0.4, -0.2) is 33.6 Å². The van der Waals surface area contributed by atoms with Crippen LogP contribution in [0.1, 0.15) is 25.7 Å². The first kappa shape index (κ1) is 8.48. The number of aliphatic hydroxyl groups excluding tert-OH is 3. The smallest absolute Gasteiger partial charge is 0.0802 e. The van der Waals surface area contributed by atoms with Gasteiger partial charge in [0, 0.05) is 0 Å². The molecule has 2 fully saturated rings. The lowest BCUT2D eigenvalue weighted by atomic mass is 9.78. The minimum Gasteiger partial charge on any atom is -0.393 e. The van der Waals surface area contributed by atoms with Crippen LogP contribution < -0.4 is 0 Å². The van der Waals surface area contributed by atoms with Gasteiger partial charge in [-0.05, 0) is 37.5 Å². The molecule has 0 radical (unpaired) electrons. The van der Waals surface area contributed by atoms with Crippen LogP contribution in [0, 0.1) is 11.8 Å². The summed E-state index contributed by atoms with van der Waals surface area (Å²) in [4.78, 5) is 0. The highest BCUT2D eigenvalue weighted by atomic mass is 16.3. The molecule has 0 spiro atoms. The molecule has 2 aliphatic rings. The molecule has 3 N–H and O–H groups in total. The first-order chi connectivity index (χ1) is 5.68. The second kappa shape index (κ2) is 2.98. The molecule has 0 amide bonds. The molecule has 0 aliphatic heterocycles. The first-order valence-corrected chi connectivity index (χ1v) is 4.72. The molecule has 3 nitrogen and oxygen atoms in total. The molecule has 0 heterocycles. The standard InChI is InChI=1S/C9H16O3/c10-7-2-1-5-3-8(11)9(12)4-6(5)7/h5-12H,1-4H2. The third-order valence-corrected chi connectivity index (χ3v) is 3.43. The van der Waals surface area contributed by atoms with Crippen molar-refractivity contribution in [1.82, 2.24) is 0 Å². The monoisotopic (exact) mass is 172 g/mol. The maximum Gasteiger partial charge on any atom is 0.0802 e. The van der Waals surface area contributed by atoms with E-state index < -0.39 is 12.2 Å². The van der Waals surface area contributed by atoms with Gasteiger partial charge in [-0.2, -0.15) is 0 Å². The van der Waals surface area contributed by atoms with E-state index in [1.807, 2.05) is 0 Å². The lowest BCUT2D eigenvalue weighted by Gasteiger charge is -2.34. The van der Waals surface area contributed by atoms with Gasteiger partial charge in [0.1, 0.15) is 0 Å². The molecule has 12 heavy (non-hydrogen) atoms. The summed E-state index contributed by atoms with van der Waals surface area (Å²) in [6.45, 7) is 0. The zero-order valence-corrected chi connectivity index (χ0v) is 7.06. The van der Waals surface area contributed by atoms with Gasteiger partial charge in [-0.25, -0.2) is 0 Å². The molecule has 3 heteroatoms. The summed E-state index contributed by atoms with van der Waals surface area (Å²) in [7, 11) is 0. The molecule has 5 atom stereocenters. The van der Waals surface area contributed by atoms with Crippen molar-refractivity contribution in [3.05, 3.63) is 0 Å². The maximum absolute atomic E-state index is 9.54. The summed E-state index contributed by atoms with van der Waals surface area (Å²) in [5.74, 6) is 0.682. The molecular weight excluding hydrogens is 156 g/mol. The van der Waals surface area contributed by atoms with E-state index >= 15 is 0 Å². The molecule has 2 rings (SSSR count). The van der Waals surface area contributed by atoms with Gasteiger partial charge in [-0.15, -0.1) is 0 Å². The van der Waals surface area contributed by atoms with Crippen molar-refractivity contribution in [2.45, 2.75) is 44.0 Å². The number of hydrogen-bond acceptors (Lipinski definition) is 3. The maximum atomic E-state index is 9.54. The Hall–Kier alpha value is -0.120. The Bertz CT molecular complexity index is 171. The van der Waals surface area contributed by atoms with E-state index in [1.54, 1.807) is 0 Å². The van der Waals surface area contributed by atoms with Crippen molar-refractivity contribution in [2.75, 3.05) is 0 Å². The van der Waals surface area contributed by atoms with Crippen molar-refractivity contribution >= 4 is 0 Å². The lowest BCUT2D eigenvalue weighted by Crippen LogP contribution is -2.39. The summed E-state index contributed by atoms with van der Waals surface area (Å²) in [6, 6.07) is 0. The Morgan fingerprint density at radius 1 is 0.750 bits per heavy atom.